The first kappa shape index (κ1) is 21.4. The number of likely N-dealkylation sites (N-methyl/N-ethyl adjacent to an activating group) is 1. The molecule has 0 atom stereocenters. The van der Waals surface area contributed by atoms with E-state index in [4.69, 9.17) is 33.3 Å². The molecule has 2 aromatic carbocycles. The van der Waals surface area contributed by atoms with Crippen LogP contribution in [0.4, 0.5) is 0 Å². The Bertz CT molecular complexity index is 1020. The largest absolute Gasteiger partial charge is 0.492 e. The summed E-state index contributed by atoms with van der Waals surface area (Å²) in [6.45, 7) is 4.24. The molecule has 1 aromatic heterocycles. The highest BCUT2D eigenvalue weighted by Gasteiger charge is 2.11. The third-order valence-electron chi connectivity index (χ3n) is 4.43. The summed E-state index contributed by atoms with van der Waals surface area (Å²) >= 11 is 11.7. The number of benzene rings is 2. The molecule has 0 bridgehead atoms. The molecular weight excluding hydrogens is 408 g/mol. The smallest absolute Gasteiger partial charge is 0.198 e. The first-order valence-electron chi connectivity index (χ1n) is 9.32. The Hall–Kier alpha value is -2.35. The maximum atomic E-state index is 6.14. The molecule has 0 unspecified atom stereocenters. The van der Waals surface area contributed by atoms with Crippen molar-refractivity contribution in [3.63, 3.8) is 0 Å². The van der Waals surface area contributed by atoms with Crippen molar-refractivity contribution in [3.8, 4) is 11.5 Å². The molecule has 0 amide bonds. The van der Waals surface area contributed by atoms with E-state index >= 15 is 0 Å². The third-order valence-corrected chi connectivity index (χ3v) is 5.23. The molecule has 0 saturated heterocycles. The molecule has 0 spiro atoms. The summed E-state index contributed by atoms with van der Waals surface area (Å²) < 4.78 is 15.9. The summed E-state index contributed by atoms with van der Waals surface area (Å²) in [6.07, 6.45) is 0. The molecule has 154 valence electrons. The van der Waals surface area contributed by atoms with Crippen LogP contribution in [0.2, 0.25) is 5.02 Å². The van der Waals surface area contributed by atoms with E-state index in [0.717, 1.165) is 18.1 Å². The minimum absolute atomic E-state index is 0.289. The number of aromatic nitrogens is 3. The van der Waals surface area contributed by atoms with Crippen LogP contribution in [0.5, 0.6) is 11.5 Å². The molecule has 0 aliphatic carbocycles. The number of nitrogens with zero attached hydrogens (tertiary/aromatic N) is 4. The fourth-order valence-corrected chi connectivity index (χ4v) is 3.17. The van der Waals surface area contributed by atoms with Gasteiger partial charge in [0, 0.05) is 13.6 Å². The number of halogens is 1. The summed E-state index contributed by atoms with van der Waals surface area (Å²) in [5.41, 5.74) is 1.18. The normalized spacial score (nSPS) is 11.1. The van der Waals surface area contributed by atoms with E-state index in [2.05, 4.69) is 23.0 Å². The molecule has 0 radical (unpaired) electrons. The van der Waals surface area contributed by atoms with Crippen LogP contribution in [0.15, 0.2) is 48.5 Å². The van der Waals surface area contributed by atoms with Crippen LogP contribution in [0.1, 0.15) is 11.4 Å². The van der Waals surface area contributed by atoms with Gasteiger partial charge in [0.05, 0.1) is 11.7 Å². The molecular formula is C21H25ClN4O2S. The monoisotopic (exact) mass is 432 g/mol. The lowest BCUT2D eigenvalue weighted by atomic mass is 10.2. The van der Waals surface area contributed by atoms with Gasteiger partial charge in [0.2, 0.25) is 0 Å². The van der Waals surface area contributed by atoms with Gasteiger partial charge in [-0.15, -0.1) is 0 Å². The van der Waals surface area contributed by atoms with Crippen molar-refractivity contribution in [2.45, 2.75) is 20.2 Å². The van der Waals surface area contributed by atoms with Crippen molar-refractivity contribution in [2.75, 3.05) is 20.2 Å². The van der Waals surface area contributed by atoms with Gasteiger partial charge in [0.1, 0.15) is 24.7 Å². The van der Waals surface area contributed by atoms with Crippen LogP contribution >= 0.6 is 23.8 Å². The van der Waals surface area contributed by atoms with E-state index < -0.39 is 0 Å². The summed E-state index contributed by atoms with van der Waals surface area (Å²) in [4.78, 5) is 2.11. The van der Waals surface area contributed by atoms with E-state index in [1.165, 1.54) is 5.56 Å². The number of aryl methyl sites for hydroxylation is 1. The van der Waals surface area contributed by atoms with Crippen LogP contribution in [0.25, 0.3) is 0 Å². The van der Waals surface area contributed by atoms with Gasteiger partial charge in [0.15, 0.2) is 10.6 Å². The molecule has 0 aliphatic rings. The topological polar surface area (TPSA) is 44.4 Å². The van der Waals surface area contributed by atoms with Crippen molar-refractivity contribution in [1.82, 2.24) is 19.2 Å². The van der Waals surface area contributed by atoms with Gasteiger partial charge < -0.3 is 14.0 Å². The zero-order chi connectivity index (χ0) is 20.8. The molecule has 0 saturated carbocycles. The zero-order valence-electron chi connectivity index (χ0n) is 16.8. The SMILES string of the molecule is Cc1cccc(OCCN(C)Cn2nc(COc3ccccc3Cl)n(C)c2=S)c1. The predicted molar refractivity (Wildman–Crippen MR) is 117 cm³/mol. The Morgan fingerprint density at radius 1 is 1.14 bits per heavy atom. The number of ether oxygens (including phenoxy) is 2. The van der Waals surface area contributed by atoms with E-state index in [9.17, 15) is 0 Å². The summed E-state index contributed by atoms with van der Waals surface area (Å²) in [5.74, 6) is 2.24. The maximum absolute atomic E-state index is 6.14. The highest BCUT2D eigenvalue weighted by atomic mass is 35.5. The molecule has 0 fully saturated rings. The highest BCUT2D eigenvalue weighted by Crippen LogP contribution is 2.23. The Balaban J connectivity index is 1.54. The summed E-state index contributed by atoms with van der Waals surface area (Å²) in [5, 5.41) is 5.17. The molecule has 0 aliphatic heterocycles. The average Bonchev–Trinajstić information content (AvgIpc) is 2.95. The second-order valence-electron chi connectivity index (χ2n) is 6.86. The fourth-order valence-electron chi connectivity index (χ4n) is 2.78. The molecule has 6 nitrogen and oxygen atoms in total. The number of hydrogen-bond acceptors (Lipinski definition) is 5. The first-order chi connectivity index (χ1) is 13.9. The second-order valence-corrected chi connectivity index (χ2v) is 7.63. The Kier molecular flexibility index (Phi) is 7.30. The first-order valence-corrected chi connectivity index (χ1v) is 10.1. The van der Waals surface area contributed by atoms with Crippen molar-refractivity contribution in [1.29, 1.82) is 0 Å². The van der Waals surface area contributed by atoms with Crippen LogP contribution in [0, 0.1) is 11.7 Å². The van der Waals surface area contributed by atoms with E-state index in [0.29, 0.717) is 28.8 Å². The quantitative estimate of drug-likeness (QED) is 0.467. The maximum Gasteiger partial charge on any atom is 0.198 e. The van der Waals surface area contributed by atoms with Gasteiger partial charge in [-0.2, -0.15) is 5.10 Å². The van der Waals surface area contributed by atoms with Crippen molar-refractivity contribution in [2.24, 2.45) is 7.05 Å². The predicted octanol–water partition coefficient (Wildman–Crippen LogP) is 4.46. The Morgan fingerprint density at radius 3 is 2.69 bits per heavy atom. The summed E-state index contributed by atoms with van der Waals surface area (Å²) in [6, 6.07) is 15.4. The number of hydrogen-bond donors (Lipinski definition) is 0. The molecule has 3 rings (SSSR count). The van der Waals surface area contributed by atoms with Gasteiger partial charge in [-0.1, -0.05) is 35.9 Å². The van der Waals surface area contributed by atoms with Gasteiger partial charge in [-0.25, -0.2) is 4.68 Å². The summed E-state index contributed by atoms with van der Waals surface area (Å²) in [7, 11) is 3.90. The third kappa shape index (κ3) is 5.82. The molecule has 3 aromatic rings. The average molecular weight is 433 g/mol. The van der Waals surface area contributed by atoms with Crippen molar-refractivity contribution >= 4 is 23.8 Å². The minimum atomic E-state index is 0.289. The van der Waals surface area contributed by atoms with E-state index in [-0.39, 0.29) is 6.61 Å². The number of rotatable bonds is 9. The lowest BCUT2D eigenvalue weighted by Gasteiger charge is -2.16. The van der Waals surface area contributed by atoms with Gasteiger partial charge in [-0.05, 0) is 56.0 Å². The van der Waals surface area contributed by atoms with Crippen LogP contribution in [-0.2, 0) is 20.3 Å². The molecule has 29 heavy (non-hydrogen) atoms. The second kappa shape index (κ2) is 9.91. The van der Waals surface area contributed by atoms with Crippen molar-refractivity contribution in [3.05, 3.63) is 69.7 Å². The standard InChI is InChI=1S/C21H25ClN4O2S/c1-16-7-6-8-17(13-16)27-12-11-24(2)15-26-21(29)25(3)20(23-26)14-28-19-10-5-4-9-18(19)22/h4-10,13H,11-12,14-15H2,1-3H3. The van der Waals surface area contributed by atoms with E-state index in [1.54, 1.807) is 10.7 Å². The Morgan fingerprint density at radius 2 is 1.93 bits per heavy atom. The fraction of sp³-hybridized carbons (Fsp3) is 0.333. The van der Waals surface area contributed by atoms with E-state index in [1.807, 2.05) is 55.1 Å². The lowest BCUT2D eigenvalue weighted by molar-refractivity contribution is 0.197. The molecule has 8 heteroatoms. The van der Waals surface area contributed by atoms with Gasteiger partial charge in [-0.3, -0.25) is 4.90 Å². The zero-order valence-corrected chi connectivity index (χ0v) is 18.4. The van der Waals surface area contributed by atoms with Crippen LogP contribution in [-0.4, -0.2) is 39.4 Å². The highest BCUT2D eigenvalue weighted by molar-refractivity contribution is 7.71. The van der Waals surface area contributed by atoms with Gasteiger partial charge in [0.25, 0.3) is 0 Å². The molecule has 1 heterocycles. The van der Waals surface area contributed by atoms with Gasteiger partial charge >= 0.3 is 0 Å². The molecule has 0 N–H and O–H groups in total. The van der Waals surface area contributed by atoms with Crippen LogP contribution in [0.3, 0.4) is 0 Å². The number of para-hydroxylation sites is 1. The lowest BCUT2D eigenvalue weighted by Crippen LogP contribution is -2.27. The van der Waals surface area contributed by atoms with Crippen LogP contribution < -0.4 is 9.47 Å². The minimum Gasteiger partial charge on any atom is -0.492 e. The Labute approximate surface area is 181 Å². The van der Waals surface area contributed by atoms with Crippen molar-refractivity contribution < 1.29 is 9.47 Å².